The van der Waals surface area contributed by atoms with Gasteiger partial charge in [-0.3, -0.25) is 9.18 Å². The highest BCUT2D eigenvalue weighted by atomic mass is 32.2. The standard InChI is InChI=1S/C16H31FO2S/c1-13(2)11-15(16(18)19-12-14(3)4)20-10-8-6-5-7-9-17/h13-15H,5-12H2,1-4H3. The smallest absolute Gasteiger partial charge is 0.319 e. The van der Waals surface area contributed by atoms with Crippen molar-refractivity contribution in [2.45, 2.75) is 65.0 Å². The number of halogens is 1. The summed E-state index contributed by atoms with van der Waals surface area (Å²) in [5.74, 6) is 1.76. The predicted molar refractivity (Wildman–Crippen MR) is 85.9 cm³/mol. The Labute approximate surface area is 128 Å². The van der Waals surface area contributed by atoms with Gasteiger partial charge in [0.05, 0.1) is 13.3 Å². The van der Waals surface area contributed by atoms with E-state index in [2.05, 4.69) is 13.8 Å². The van der Waals surface area contributed by atoms with Crippen molar-refractivity contribution in [2.75, 3.05) is 19.0 Å². The van der Waals surface area contributed by atoms with Crippen LogP contribution in [0.2, 0.25) is 0 Å². The van der Waals surface area contributed by atoms with Crippen LogP contribution in [0.25, 0.3) is 0 Å². The van der Waals surface area contributed by atoms with Crippen LogP contribution in [0.4, 0.5) is 4.39 Å². The fourth-order valence-electron chi connectivity index (χ4n) is 1.78. The summed E-state index contributed by atoms with van der Waals surface area (Å²) in [5, 5.41) is -0.0464. The van der Waals surface area contributed by atoms with E-state index in [4.69, 9.17) is 4.74 Å². The molecule has 0 saturated carbocycles. The van der Waals surface area contributed by atoms with Crippen molar-refractivity contribution in [2.24, 2.45) is 11.8 Å². The first-order chi connectivity index (χ1) is 9.47. The highest BCUT2D eigenvalue weighted by Gasteiger charge is 2.21. The minimum Gasteiger partial charge on any atom is -0.465 e. The van der Waals surface area contributed by atoms with Crippen molar-refractivity contribution in [1.82, 2.24) is 0 Å². The fraction of sp³-hybridized carbons (Fsp3) is 0.938. The van der Waals surface area contributed by atoms with Gasteiger partial charge in [0.1, 0.15) is 5.25 Å². The summed E-state index contributed by atoms with van der Waals surface area (Å²) in [6.07, 6.45) is 4.58. The number of alkyl halides is 1. The minimum absolute atomic E-state index is 0.0464. The molecule has 4 heteroatoms. The lowest BCUT2D eigenvalue weighted by Crippen LogP contribution is -2.24. The zero-order chi connectivity index (χ0) is 15.4. The van der Waals surface area contributed by atoms with Crippen LogP contribution in [0.3, 0.4) is 0 Å². The van der Waals surface area contributed by atoms with Gasteiger partial charge in [-0.25, -0.2) is 0 Å². The van der Waals surface area contributed by atoms with E-state index in [1.54, 1.807) is 11.8 Å². The second-order valence-electron chi connectivity index (χ2n) is 6.12. The maximum Gasteiger partial charge on any atom is 0.319 e. The molecule has 0 aliphatic carbocycles. The lowest BCUT2D eigenvalue weighted by atomic mass is 10.1. The van der Waals surface area contributed by atoms with Crippen LogP contribution in [0.15, 0.2) is 0 Å². The molecule has 120 valence electrons. The molecule has 20 heavy (non-hydrogen) atoms. The van der Waals surface area contributed by atoms with Crippen molar-refractivity contribution in [3.05, 3.63) is 0 Å². The van der Waals surface area contributed by atoms with Gasteiger partial charge in [-0.2, -0.15) is 0 Å². The van der Waals surface area contributed by atoms with Gasteiger partial charge < -0.3 is 4.74 Å². The maximum absolute atomic E-state index is 12.1. The molecule has 0 aliphatic rings. The molecule has 0 aromatic carbocycles. The molecule has 0 radical (unpaired) electrons. The normalized spacial score (nSPS) is 12.9. The van der Waals surface area contributed by atoms with Gasteiger partial charge >= 0.3 is 5.97 Å². The monoisotopic (exact) mass is 306 g/mol. The Morgan fingerprint density at radius 3 is 2.25 bits per heavy atom. The van der Waals surface area contributed by atoms with Crippen molar-refractivity contribution in [1.29, 1.82) is 0 Å². The van der Waals surface area contributed by atoms with Crippen LogP contribution in [-0.2, 0) is 9.53 Å². The van der Waals surface area contributed by atoms with Gasteiger partial charge in [0, 0.05) is 0 Å². The van der Waals surface area contributed by atoms with Crippen LogP contribution in [-0.4, -0.2) is 30.3 Å². The Hall–Kier alpha value is -0.250. The molecule has 0 N–H and O–H groups in total. The second kappa shape index (κ2) is 12.5. The van der Waals surface area contributed by atoms with Gasteiger partial charge in [0.25, 0.3) is 0 Å². The number of carbonyl (C=O) groups is 1. The Morgan fingerprint density at radius 2 is 1.70 bits per heavy atom. The van der Waals surface area contributed by atoms with Crippen molar-refractivity contribution in [3.63, 3.8) is 0 Å². The number of hydrogen-bond acceptors (Lipinski definition) is 3. The molecule has 1 atom stereocenters. The first-order valence-electron chi connectivity index (χ1n) is 7.81. The number of carbonyl (C=O) groups excluding carboxylic acids is 1. The predicted octanol–water partition coefficient (Wildman–Crippen LogP) is 4.86. The SMILES string of the molecule is CC(C)COC(=O)C(CC(C)C)SCCCCCCF. The fourth-order valence-corrected chi connectivity index (χ4v) is 3.16. The number of rotatable bonds is 12. The molecule has 0 aromatic rings. The molecule has 1 unspecified atom stereocenters. The quantitative estimate of drug-likeness (QED) is 0.380. The van der Waals surface area contributed by atoms with Gasteiger partial charge in [0.15, 0.2) is 0 Å². The topological polar surface area (TPSA) is 26.3 Å². The molecule has 0 aliphatic heterocycles. The molecule has 2 nitrogen and oxygen atoms in total. The van der Waals surface area contributed by atoms with Crippen LogP contribution >= 0.6 is 11.8 Å². The largest absolute Gasteiger partial charge is 0.465 e. The summed E-state index contributed by atoms with van der Waals surface area (Å²) in [5.41, 5.74) is 0. The molecule has 0 rings (SSSR count). The van der Waals surface area contributed by atoms with Crippen molar-refractivity contribution >= 4 is 17.7 Å². The number of unbranched alkanes of at least 4 members (excludes halogenated alkanes) is 3. The van der Waals surface area contributed by atoms with Crippen molar-refractivity contribution in [3.8, 4) is 0 Å². The van der Waals surface area contributed by atoms with E-state index in [9.17, 15) is 9.18 Å². The van der Waals surface area contributed by atoms with E-state index in [1.165, 1.54) is 0 Å². The summed E-state index contributed by atoms with van der Waals surface area (Å²) in [4.78, 5) is 12.1. The number of thioether (sulfide) groups is 1. The third-order valence-corrected chi connectivity index (χ3v) is 4.17. The van der Waals surface area contributed by atoms with E-state index >= 15 is 0 Å². The molecular weight excluding hydrogens is 275 g/mol. The lowest BCUT2D eigenvalue weighted by molar-refractivity contribution is -0.144. The summed E-state index contributed by atoms with van der Waals surface area (Å²) < 4.78 is 17.3. The van der Waals surface area contributed by atoms with Gasteiger partial charge in [0.2, 0.25) is 0 Å². The average Bonchev–Trinajstić information content (AvgIpc) is 2.38. The van der Waals surface area contributed by atoms with Crippen molar-refractivity contribution < 1.29 is 13.9 Å². The van der Waals surface area contributed by atoms with Crippen LogP contribution < -0.4 is 0 Å². The van der Waals surface area contributed by atoms with E-state index in [0.29, 0.717) is 24.9 Å². The zero-order valence-corrected chi connectivity index (χ0v) is 14.3. The van der Waals surface area contributed by atoms with Crippen LogP contribution in [0.5, 0.6) is 0 Å². The van der Waals surface area contributed by atoms with E-state index in [1.807, 2.05) is 13.8 Å². The van der Waals surface area contributed by atoms with Gasteiger partial charge in [-0.1, -0.05) is 40.5 Å². The molecule has 0 spiro atoms. The summed E-state index contributed by atoms with van der Waals surface area (Å²) >= 11 is 1.70. The molecule has 0 fully saturated rings. The number of ether oxygens (including phenoxy) is 1. The number of esters is 1. The first kappa shape index (κ1) is 19.8. The third-order valence-electron chi connectivity index (χ3n) is 2.85. The highest BCUT2D eigenvalue weighted by molar-refractivity contribution is 8.00. The number of hydrogen-bond donors (Lipinski definition) is 0. The van der Waals surface area contributed by atoms with E-state index in [0.717, 1.165) is 31.4 Å². The summed E-state index contributed by atoms with van der Waals surface area (Å²) in [7, 11) is 0. The molecule has 0 heterocycles. The van der Waals surface area contributed by atoms with Crippen LogP contribution in [0.1, 0.15) is 59.8 Å². The zero-order valence-electron chi connectivity index (χ0n) is 13.5. The average molecular weight is 306 g/mol. The van der Waals surface area contributed by atoms with E-state index < -0.39 is 0 Å². The summed E-state index contributed by atoms with van der Waals surface area (Å²) in [6.45, 7) is 8.63. The lowest BCUT2D eigenvalue weighted by Gasteiger charge is -2.18. The van der Waals surface area contributed by atoms with Crippen LogP contribution in [0, 0.1) is 11.8 Å². The molecule has 0 saturated heterocycles. The highest BCUT2D eigenvalue weighted by Crippen LogP contribution is 2.22. The molecule has 0 aromatic heterocycles. The minimum atomic E-state index is -0.218. The van der Waals surface area contributed by atoms with E-state index in [-0.39, 0.29) is 17.9 Å². The second-order valence-corrected chi connectivity index (χ2v) is 7.43. The maximum atomic E-state index is 12.1. The Bertz CT molecular complexity index is 245. The molecule has 0 bridgehead atoms. The Morgan fingerprint density at radius 1 is 1.05 bits per heavy atom. The first-order valence-corrected chi connectivity index (χ1v) is 8.86. The van der Waals surface area contributed by atoms with Gasteiger partial charge in [-0.05, 0) is 36.9 Å². The summed E-state index contributed by atoms with van der Waals surface area (Å²) in [6, 6.07) is 0. The molecule has 0 amide bonds. The Kier molecular flexibility index (Phi) is 12.3. The molecular formula is C16H31FO2S. The van der Waals surface area contributed by atoms with Gasteiger partial charge in [-0.15, -0.1) is 11.8 Å². The third kappa shape index (κ3) is 11.6. The Balaban J connectivity index is 3.98.